The molecule has 4 nitrogen and oxygen atoms in total. The van der Waals surface area contributed by atoms with Gasteiger partial charge in [0.15, 0.2) is 0 Å². The van der Waals surface area contributed by atoms with E-state index < -0.39 is 15.6 Å². The van der Waals surface area contributed by atoms with Crippen molar-refractivity contribution in [1.29, 1.82) is 0 Å². The average molecular weight is 276 g/mol. The normalized spacial score (nSPS) is 22.4. The van der Waals surface area contributed by atoms with Crippen LogP contribution in [0.4, 0.5) is 0 Å². The van der Waals surface area contributed by atoms with Crippen molar-refractivity contribution >= 4 is 10.0 Å². The van der Waals surface area contributed by atoms with E-state index in [4.69, 9.17) is 0 Å². The first-order valence-electron chi connectivity index (χ1n) is 6.74. The van der Waals surface area contributed by atoms with Gasteiger partial charge in [-0.1, -0.05) is 20.8 Å². The van der Waals surface area contributed by atoms with Crippen LogP contribution < -0.4 is 10.0 Å². The predicted octanol–water partition coefficient (Wildman–Crippen LogP) is 1.87. The molecule has 0 aromatic heterocycles. The third-order valence-corrected chi connectivity index (χ3v) is 4.69. The summed E-state index contributed by atoms with van der Waals surface area (Å²) in [5, 5.41) is 3.23. The quantitative estimate of drug-likeness (QED) is 0.806. The monoisotopic (exact) mass is 276 g/mol. The number of rotatable bonds is 5. The van der Waals surface area contributed by atoms with Crippen LogP contribution in [0.15, 0.2) is 0 Å². The number of hydrogen-bond donors (Lipinski definition) is 2. The predicted molar refractivity (Wildman–Crippen MR) is 76.1 cm³/mol. The molecule has 0 aromatic rings. The van der Waals surface area contributed by atoms with Crippen molar-refractivity contribution < 1.29 is 8.42 Å². The minimum atomic E-state index is -3.21. The summed E-state index contributed by atoms with van der Waals surface area (Å²) in [6.45, 7) is 11.2. The largest absolute Gasteiger partial charge is 0.313 e. The van der Waals surface area contributed by atoms with Crippen LogP contribution in [0, 0.1) is 5.41 Å². The number of hydrogen-bond acceptors (Lipinski definition) is 3. The molecule has 1 unspecified atom stereocenters. The maximum absolute atomic E-state index is 12.1. The van der Waals surface area contributed by atoms with Crippen LogP contribution >= 0.6 is 0 Å². The molecule has 0 amide bonds. The van der Waals surface area contributed by atoms with Crippen LogP contribution in [-0.4, -0.2) is 32.3 Å². The third kappa shape index (κ3) is 6.16. The second-order valence-electron chi connectivity index (χ2n) is 7.30. The van der Waals surface area contributed by atoms with Crippen LogP contribution in [0.2, 0.25) is 0 Å². The lowest BCUT2D eigenvalue weighted by Gasteiger charge is -2.33. The van der Waals surface area contributed by atoms with Crippen LogP contribution in [0.3, 0.4) is 0 Å². The molecule has 1 aliphatic heterocycles. The van der Waals surface area contributed by atoms with Crippen LogP contribution in [-0.2, 0) is 10.0 Å². The van der Waals surface area contributed by atoms with Gasteiger partial charge in [-0.05, 0) is 45.1 Å². The Morgan fingerprint density at radius 2 is 1.83 bits per heavy atom. The summed E-state index contributed by atoms with van der Waals surface area (Å²) in [6.07, 6.45) is 2.85. The second kappa shape index (κ2) is 5.47. The molecule has 0 bridgehead atoms. The van der Waals surface area contributed by atoms with Gasteiger partial charge in [0.2, 0.25) is 10.0 Å². The third-order valence-electron chi connectivity index (χ3n) is 2.99. The van der Waals surface area contributed by atoms with E-state index in [1.165, 1.54) is 0 Å². The summed E-state index contributed by atoms with van der Waals surface area (Å²) in [5.41, 5.74) is -0.284. The van der Waals surface area contributed by atoms with E-state index in [2.05, 4.69) is 30.8 Å². The van der Waals surface area contributed by atoms with Gasteiger partial charge in [0.25, 0.3) is 0 Å². The summed E-state index contributed by atoms with van der Waals surface area (Å²) in [7, 11) is -3.21. The lowest BCUT2D eigenvalue weighted by Crippen LogP contribution is -2.48. The zero-order valence-electron chi connectivity index (χ0n) is 12.3. The second-order valence-corrected chi connectivity index (χ2v) is 9.07. The van der Waals surface area contributed by atoms with Crippen molar-refractivity contribution in [2.45, 2.75) is 65.5 Å². The Morgan fingerprint density at radius 1 is 1.22 bits per heavy atom. The van der Waals surface area contributed by atoms with Crippen molar-refractivity contribution in [2.24, 2.45) is 5.41 Å². The molecular formula is C13H28N2O2S. The molecule has 0 spiro atoms. The van der Waals surface area contributed by atoms with E-state index in [-0.39, 0.29) is 17.2 Å². The average Bonchev–Trinajstić information content (AvgIpc) is 2.46. The van der Waals surface area contributed by atoms with Gasteiger partial charge in [0.1, 0.15) is 0 Å². The van der Waals surface area contributed by atoms with Gasteiger partial charge in [-0.25, -0.2) is 13.1 Å². The Bertz CT molecular complexity index is 363. The molecule has 5 heteroatoms. The van der Waals surface area contributed by atoms with Crippen molar-refractivity contribution in [1.82, 2.24) is 10.0 Å². The summed E-state index contributed by atoms with van der Waals surface area (Å²) < 4.78 is 27.1. The number of sulfonamides is 1. The van der Waals surface area contributed by atoms with Gasteiger partial charge in [-0.15, -0.1) is 0 Å². The molecule has 1 rings (SSSR count). The molecule has 0 saturated carbocycles. The highest BCUT2D eigenvalue weighted by atomic mass is 32.2. The van der Waals surface area contributed by atoms with E-state index in [0.29, 0.717) is 0 Å². The Hall–Kier alpha value is -0.130. The van der Waals surface area contributed by atoms with Gasteiger partial charge in [0.05, 0.1) is 5.75 Å². The zero-order chi connectivity index (χ0) is 14.0. The SMILES string of the molecule is CC(C)(C)CC(C)(C)NS(=O)(=O)CC1CCCN1. The van der Waals surface area contributed by atoms with Gasteiger partial charge in [0, 0.05) is 11.6 Å². The molecule has 1 heterocycles. The van der Waals surface area contributed by atoms with Gasteiger partial charge in [-0.2, -0.15) is 0 Å². The Balaban J connectivity index is 2.58. The molecule has 18 heavy (non-hydrogen) atoms. The topological polar surface area (TPSA) is 58.2 Å². The Labute approximate surface area is 112 Å². The molecule has 0 aromatic carbocycles. The Morgan fingerprint density at radius 3 is 2.28 bits per heavy atom. The lowest BCUT2D eigenvalue weighted by atomic mass is 9.82. The minimum Gasteiger partial charge on any atom is -0.313 e. The molecule has 1 aliphatic rings. The summed E-state index contributed by atoms with van der Waals surface area (Å²) in [6, 6.07) is 0.118. The first kappa shape index (κ1) is 15.9. The smallest absolute Gasteiger partial charge is 0.213 e. The Kier molecular flexibility index (Phi) is 4.84. The van der Waals surface area contributed by atoms with Crippen LogP contribution in [0.25, 0.3) is 0 Å². The molecule has 108 valence electrons. The van der Waals surface area contributed by atoms with Crippen LogP contribution in [0.1, 0.15) is 53.9 Å². The summed E-state index contributed by atoms with van der Waals surface area (Å²) in [4.78, 5) is 0. The van der Waals surface area contributed by atoms with Crippen molar-refractivity contribution in [3.8, 4) is 0 Å². The standard InChI is InChI=1S/C13H28N2O2S/c1-12(2,3)10-13(4,5)15-18(16,17)9-11-7-6-8-14-11/h11,14-15H,6-10H2,1-5H3. The fourth-order valence-corrected chi connectivity index (χ4v) is 4.80. The van der Waals surface area contributed by atoms with Crippen molar-refractivity contribution in [3.63, 3.8) is 0 Å². The highest BCUT2D eigenvalue weighted by Crippen LogP contribution is 2.27. The fourth-order valence-electron chi connectivity index (χ4n) is 2.99. The molecule has 1 saturated heterocycles. The van der Waals surface area contributed by atoms with Crippen molar-refractivity contribution in [2.75, 3.05) is 12.3 Å². The molecule has 1 atom stereocenters. The van der Waals surface area contributed by atoms with Gasteiger partial charge < -0.3 is 5.32 Å². The van der Waals surface area contributed by atoms with E-state index in [1.807, 2.05) is 13.8 Å². The van der Waals surface area contributed by atoms with Crippen LogP contribution in [0.5, 0.6) is 0 Å². The maximum atomic E-state index is 12.1. The molecule has 1 fully saturated rings. The van der Waals surface area contributed by atoms with Crippen molar-refractivity contribution in [3.05, 3.63) is 0 Å². The van der Waals surface area contributed by atoms with E-state index in [1.54, 1.807) is 0 Å². The minimum absolute atomic E-state index is 0.109. The summed E-state index contributed by atoms with van der Waals surface area (Å²) >= 11 is 0. The van der Waals surface area contributed by atoms with Gasteiger partial charge in [-0.3, -0.25) is 0 Å². The fraction of sp³-hybridized carbons (Fsp3) is 1.00. The molecule has 0 radical (unpaired) electrons. The van der Waals surface area contributed by atoms with Gasteiger partial charge >= 0.3 is 0 Å². The number of nitrogens with one attached hydrogen (secondary N) is 2. The highest BCUT2D eigenvalue weighted by molar-refractivity contribution is 7.89. The highest BCUT2D eigenvalue weighted by Gasteiger charge is 2.31. The van der Waals surface area contributed by atoms with E-state index >= 15 is 0 Å². The molecule has 2 N–H and O–H groups in total. The first-order valence-corrected chi connectivity index (χ1v) is 8.39. The maximum Gasteiger partial charge on any atom is 0.213 e. The molecule has 0 aliphatic carbocycles. The lowest BCUT2D eigenvalue weighted by molar-refractivity contribution is 0.269. The first-order chi connectivity index (χ1) is 7.99. The summed E-state index contributed by atoms with van der Waals surface area (Å²) in [5.74, 6) is 0.195. The molecular weight excluding hydrogens is 248 g/mol. The zero-order valence-corrected chi connectivity index (χ0v) is 13.2. The van der Waals surface area contributed by atoms with E-state index in [9.17, 15) is 8.42 Å². The van der Waals surface area contributed by atoms with E-state index in [0.717, 1.165) is 25.8 Å².